The molecular formula is C12H13N. The molecule has 1 N–H and O–H groups in total. The Balaban J connectivity index is 2.52. The Morgan fingerprint density at radius 3 is 2.69 bits per heavy atom. The molecule has 13 heavy (non-hydrogen) atoms. The highest BCUT2D eigenvalue weighted by atomic mass is 14.9. The zero-order valence-electron chi connectivity index (χ0n) is 7.96. The van der Waals surface area contributed by atoms with E-state index in [0.717, 1.165) is 0 Å². The van der Waals surface area contributed by atoms with Crippen LogP contribution in [0.3, 0.4) is 0 Å². The molecular weight excluding hydrogens is 158 g/mol. The van der Waals surface area contributed by atoms with E-state index in [1.165, 1.54) is 22.4 Å². The van der Waals surface area contributed by atoms with Crippen molar-refractivity contribution in [1.82, 2.24) is 5.32 Å². The van der Waals surface area contributed by atoms with E-state index in [0.29, 0.717) is 0 Å². The molecule has 2 rings (SSSR count). The summed E-state index contributed by atoms with van der Waals surface area (Å²) in [6.45, 7) is 4.24. The predicted octanol–water partition coefficient (Wildman–Crippen LogP) is 2.82. The minimum absolute atomic E-state index is 1.20. The summed E-state index contributed by atoms with van der Waals surface area (Å²) in [5.41, 5.74) is 5.07. The number of hydrogen-bond acceptors (Lipinski definition) is 1. The predicted molar refractivity (Wildman–Crippen MR) is 56.0 cm³/mol. The molecule has 0 amide bonds. The normalized spacial score (nSPS) is 28.2. The summed E-state index contributed by atoms with van der Waals surface area (Å²) in [4.78, 5) is 0. The number of hydrogen-bond donors (Lipinski definition) is 1. The number of rotatable bonds is 0. The van der Waals surface area contributed by atoms with Crippen molar-refractivity contribution in [1.29, 1.82) is 0 Å². The van der Waals surface area contributed by atoms with Crippen molar-refractivity contribution in [3.05, 3.63) is 59.0 Å². The Morgan fingerprint density at radius 2 is 1.85 bits per heavy atom. The van der Waals surface area contributed by atoms with Crippen LogP contribution >= 0.6 is 0 Å². The second-order valence-corrected chi connectivity index (χ2v) is 3.38. The molecule has 0 saturated carbocycles. The third-order valence-corrected chi connectivity index (χ3v) is 2.38. The highest BCUT2D eigenvalue weighted by Gasteiger charge is 2.07. The summed E-state index contributed by atoms with van der Waals surface area (Å²) in [5, 5.41) is 3.23. The van der Waals surface area contributed by atoms with Gasteiger partial charge in [0.25, 0.3) is 0 Å². The molecule has 0 spiro atoms. The first-order chi connectivity index (χ1) is 6.27. The van der Waals surface area contributed by atoms with Gasteiger partial charge in [-0.2, -0.15) is 0 Å². The first kappa shape index (κ1) is 8.11. The van der Waals surface area contributed by atoms with Gasteiger partial charge in [0, 0.05) is 11.9 Å². The lowest BCUT2D eigenvalue weighted by Gasteiger charge is -2.16. The zero-order valence-corrected chi connectivity index (χ0v) is 7.96. The summed E-state index contributed by atoms with van der Waals surface area (Å²) in [6, 6.07) is 0. The Bertz CT molecular complexity index is 376. The first-order valence-corrected chi connectivity index (χ1v) is 4.48. The number of fused-ring (bicyclic) bond motifs is 1. The average Bonchev–Trinajstić information content (AvgIpc) is 2.14. The van der Waals surface area contributed by atoms with Gasteiger partial charge in [-0.3, -0.25) is 0 Å². The number of nitrogens with one attached hydrogen (secondary N) is 1. The molecule has 2 aliphatic rings. The lowest BCUT2D eigenvalue weighted by atomic mass is 10.00. The lowest BCUT2D eigenvalue weighted by Crippen LogP contribution is -2.11. The monoisotopic (exact) mass is 171 g/mol. The van der Waals surface area contributed by atoms with E-state index in [1.54, 1.807) is 0 Å². The molecule has 2 bridgehead atoms. The Morgan fingerprint density at radius 1 is 1.00 bits per heavy atom. The van der Waals surface area contributed by atoms with Gasteiger partial charge >= 0.3 is 0 Å². The second kappa shape index (κ2) is 3.09. The van der Waals surface area contributed by atoms with E-state index in [4.69, 9.17) is 0 Å². The van der Waals surface area contributed by atoms with E-state index in [9.17, 15) is 0 Å². The molecule has 1 aliphatic heterocycles. The number of dihydropyridines is 1. The lowest BCUT2D eigenvalue weighted by molar-refractivity contribution is 1.03. The van der Waals surface area contributed by atoms with Crippen LogP contribution in [0.5, 0.6) is 0 Å². The largest absolute Gasteiger partial charge is 0.361 e. The van der Waals surface area contributed by atoms with Crippen molar-refractivity contribution < 1.29 is 0 Å². The van der Waals surface area contributed by atoms with Crippen LogP contribution in [0.25, 0.3) is 0 Å². The maximum atomic E-state index is 3.23. The van der Waals surface area contributed by atoms with Gasteiger partial charge < -0.3 is 5.32 Å². The Labute approximate surface area is 78.8 Å². The third kappa shape index (κ3) is 1.50. The molecule has 1 aliphatic carbocycles. The fourth-order valence-electron chi connectivity index (χ4n) is 1.46. The van der Waals surface area contributed by atoms with Gasteiger partial charge in [-0.05, 0) is 37.1 Å². The summed E-state index contributed by atoms with van der Waals surface area (Å²) < 4.78 is 0. The minimum atomic E-state index is 1.20. The molecule has 0 aromatic heterocycles. The highest BCUT2D eigenvalue weighted by Crippen LogP contribution is 2.21. The van der Waals surface area contributed by atoms with Gasteiger partial charge in [0.1, 0.15) is 0 Å². The van der Waals surface area contributed by atoms with Crippen LogP contribution in [-0.2, 0) is 0 Å². The smallest absolute Gasteiger partial charge is 0.0415 e. The standard InChI is InChI=1S/C12H13N/c1-9-3-5-11-7-8-13-12(6-4-9)10(11)2/h3-8,13H,1-2H3/b5-3?,6-4?,9-3?,9-4-,11-5?,12-6+. The van der Waals surface area contributed by atoms with Gasteiger partial charge in [-0.15, -0.1) is 0 Å². The molecule has 0 aromatic carbocycles. The van der Waals surface area contributed by atoms with E-state index in [2.05, 4.69) is 49.5 Å². The highest BCUT2D eigenvalue weighted by molar-refractivity contribution is 5.51. The molecule has 0 unspecified atom stereocenters. The first-order valence-electron chi connectivity index (χ1n) is 4.48. The van der Waals surface area contributed by atoms with Gasteiger partial charge in [-0.1, -0.05) is 23.8 Å². The number of allylic oxidation sites excluding steroid dienone is 8. The van der Waals surface area contributed by atoms with Crippen LogP contribution in [0, 0.1) is 0 Å². The molecule has 0 aromatic rings. The van der Waals surface area contributed by atoms with Crippen LogP contribution in [0.4, 0.5) is 0 Å². The molecule has 1 nitrogen and oxygen atoms in total. The van der Waals surface area contributed by atoms with Crippen LogP contribution in [0.2, 0.25) is 0 Å². The van der Waals surface area contributed by atoms with Crippen molar-refractivity contribution >= 4 is 0 Å². The molecule has 1 heteroatoms. The van der Waals surface area contributed by atoms with Crippen LogP contribution in [0.1, 0.15) is 13.8 Å². The van der Waals surface area contributed by atoms with E-state index < -0.39 is 0 Å². The van der Waals surface area contributed by atoms with Crippen molar-refractivity contribution in [3.8, 4) is 0 Å². The topological polar surface area (TPSA) is 12.0 Å². The summed E-state index contributed by atoms with van der Waals surface area (Å²) in [7, 11) is 0. The van der Waals surface area contributed by atoms with Crippen LogP contribution < -0.4 is 5.32 Å². The second-order valence-electron chi connectivity index (χ2n) is 3.38. The molecule has 0 atom stereocenters. The van der Waals surface area contributed by atoms with Crippen molar-refractivity contribution in [3.63, 3.8) is 0 Å². The fraction of sp³-hybridized carbons (Fsp3) is 0.167. The van der Waals surface area contributed by atoms with Gasteiger partial charge in [0.05, 0.1) is 0 Å². The van der Waals surface area contributed by atoms with E-state index in [-0.39, 0.29) is 0 Å². The summed E-state index contributed by atoms with van der Waals surface area (Å²) in [5.74, 6) is 0. The molecule has 1 heterocycles. The van der Waals surface area contributed by atoms with E-state index in [1.807, 2.05) is 6.20 Å². The Hall–Kier alpha value is -1.50. The van der Waals surface area contributed by atoms with Gasteiger partial charge in [0.15, 0.2) is 0 Å². The summed E-state index contributed by atoms with van der Waals surface area (Å²) >= 11 is 0. The van der Waals surface area contributed by atoms with Crippen LogP contribution in [0.15, 0.2) is 59.0 Å². The van der Waals surface area contributed by atoms with Crippen molar-refractivity contribution in [2.45, 2.75) is 13.8 Å². The Kier molecular flexibility index (Phi) is 1.93. The molecule has 0 fully saturated rings. The van der Waals surface area contributed by atoms with Gasteiger partial charge in [-0.25, -0.2) is 0 Å². The van der Waals surface area contributed by atoms with Crippen molar-refractivity contribution in [2.75, 3.05) is 0 Å². The quantitative estimate of drug-likeness (QED) is 0.591. The average molecular weight is 171 g/mol. The maximum Gasteiger partial charge on any atom is 0.0415 e. The molecule has 0 radical (unpaired) electrons. The zero-order chi connectivity index (χ0) is 9.26. The van der Waals surface area contributed by atoms with Crippen LogP contribution in [-0.4, -0.2) is 0 Å². The third-order valence-electron chi connectivity index (χ3n) is 2.38. The fourth-order valence-corrected chi connectivity index (χ4v) is 1.46. The van der Waals surface area contributed by atoms with Crippen molar-refractivity contribution in [2.24, 2.45) is 0 Å². The summed E-state index contributed by atoms with van der Waals surface area (Å²) in [6.07, 6.45) is 12.6. The van der Waals surface area contributed by atoms with Gasteiger partial charge in [0.2, 0.25) is 0 Å². The molecule has 0 saturated heterocycles. The SMILES string of the molecule is CC1=C2C=CN/C1=C/C=C(/C)C=C2. The maximum absolute atomic E-state index is 3.23. The molecule has 66 valence electrons. The van der Waals surface area contributed by atoms with E-state index >= 15 is 0 Å². The minimum Gasteiger partial charge on any atom is -0.361 e.